The molecule has 0 saturated carbocycles. The van der Waals surface area contributed by atoms with Gasteiger partial charge in [0.25, 0.3) is 5.91 Å². The Morgan fingerprint density at radius 1 is 1.18 bits per heavy atom. The van der Waals surface area contributed by atoms with E-state index >= 15 is 0 Å². The van der Waals surface area contributed by atoms with Gasteiger partial charge >= 0.3 is 6.03 Å². The average molecular weight is 401 g/mol. The van der Waals surface area contributed by atoms with Gasteiger partial charge in [-0.15, -0.1) is 0 Å². The molecule has 6 nitrogen and oxygen atoms in total. The molecule has 1 N–H and O–H groups in total. The number of ether oxygens (including phenoxy) is 1. The lowest BCUT2D eigenvalue weighted by Gasteiger charge is -2.26. The molecule has 146 valence electrons. The van der Waals surface area contributed by atoms with Crippen molar-refractivity contribution in [2.45, 2.75) is 25.3 Å². The number of nitrogens with zero attached hydrogens (tertiary/aromatic N) is 1. The number of nitrogens with one attached hydrogen (secondary N) is 1. The number of halogens is 1. The molecule has 0 bridgehead atoms. The molecule has 1 atom stereocenters. The summed E-state index contributed by atoms with van der Waals surface area (Å²) in [6.45, 7) is 1.59. The Hall–Kier alpha value is -2.86. The van der Waals surface area contributed by atoms with E-state index in [2.05, 4.69) is 5.32 Å². The predicted molar refractivity (Wildman–Crippen MR) is 106 cm³/mol. The van der Waals surface area contributed by atoms with E-state index in [4.69, 9.17) is 16.3 Å². The number of benzene rings is 2. The van der Waals surface area contributed by atoms with Gasteiger partial charge in [-0.05, 0) is 30.2 Å². The fourth-order valence-electron chi connectivity index (χ4n) is 3.45. The molecule has 1 aliphatic heterocycles. The molecule has 1 aliphatic rings. The highest BCUT2D eigenvalue weighted by Crippen LogP contribution is 2.34. The molecule has 1 saturated heterocycles. The second-order valence-corrected chi connectivity index (χ2v) is 7.02. The van der Waals surface area contributed by atoms with Gasteiger partial charge in [-0.2, -0.15) is 0 Å². The van der Waals surface area contributed by atoms with Gasteiger partial charge in [0.15, 0.2) is 5.78 Å². The summed E-state index contributed by atoms with van der Waals surface area (Å²) in [4.78, 5) is 39.4. The fourth-order valence-corrected chi connectivity index (χ4v) is 3.71. The first-order valence-electron chi connectivity index (χ1n) is 8.99. The number of ketones is 1. The number of rotatable bonds is 7. The van der Waals surface area contributed by atoms with E-state index in [1.807, 2.05) is 37.3 Å². The van der Waals surface area contributed by atoms with Crippen molar-refractivity contribution in [1.29, 1.82) is 0 Å². The molecule has 0 unspecified atom stereocenters. The van der Waals surface area contributed by atoms with Gasteiger partial charge in [-0.25, -0.2) is 4.79 Å². The molecule has 2 aromatic carbocycles. The van der Waals surface area contributed by atoms with E-state index in [-0.39, 0.29) is 17.4 Å². The summed E-state index contributed by atoms with van der Waals surface area (Å²) in [5.74, 6) is -0.355. The van der Waals surface area contributed by atoms with E-state index in [0.717, 1.165) is 4.90 Å². The maximum atomic E-state index is 13.2. The third-order valence-electron chi connectivity index (χ3n) is 4.84. The van der Waals surface area contributed by atoms with Crippen molar-refractivity contribution in [3.8, 4) is 5.75 Å². The number of carbonyl (C=O) groups excluding carboxylic acids is 3. The standard InChI is InChI=1S/C21H21ClN2O4/c1-3-11-21(15-7-5-4-6-8-15)19(26)24(20(27)23-21)13-17(25)14-9-10-18(28-2)16(22)12-14/h4-10,12H,3,11,13H2,1-2H3,(H,23,27)/t21-/m0/s1. The van der Waals surface area contributed by atoms with Gasteiger partial charge in [0.1, 0.15) is 11.3 Å². The SMILES string of the molecule is CCC[C@@]1(c2ccccc2)NC(=O)N(CC(=O)c2ccc(OC)c(Cl)c2)C1=O. The van der Waals surface area contributed by atoms with Crippen molar-refractivity contribution < 1.29 is 19.1 Å². The molecule has 28 heavy (non-hydrogen) atoms. The first kappa shape index (κ1) is 19.9. The Balaban J connectivity index is 1.87. The third kappa shape index (κ3) is 3.47. The van der Waals surface area contributed by atoms with Crippen LogP contribution in [0, 0.1) is 0 Å². The van der Waals surface area contributed by atoms with Gasteiger partial charge in [0, 0.05) is 5.56 Å². The van der Waals surface area contributed by atoms with E-state index in [9.17, 15) is 14.4 Å². The Kier molecular flexibility index (Phi) is 5.70. The molecular formula is C21H21ClN2O4. The average Bonchev–Trinajstić information content (AvgIpc) is 2.94. The van der Waals surface area contributed by atoms with Gasteiger partial charge < -0.3 is 10.1 Å². The molecule has 1 fully saturated rings. The summed E-state index contributed by atoms with van der Waals surface area (Å²) in [6.07, 6.45) is 1.14. The Bertz CT molecular complexity index is 916. The lowest BCUT2D eigenvalue weighted by atomic mass is 9.85. The van der Waals surface area contributed by atoms with Crippen molar-refractivity contribution in [3.05, 3.63) is 64.7 Å². The number of imide groups is 1. The van der Waals surface area contributed by atoms with E-state index < -0.39 is 17.5 Å². The normalized spacial score (nSPS) is 18.9. The van der Waals surface area contributed by atoms with Crippen LogP contribution in [0.3, 0.4) is 0 Å². The quantitative estimate of drug-likeness (QED) is 0.567. The minimum atomic E-state index is -1.15. The van der Waals surface area contributed by atoms with Crippen molar-refractivity contribution in [2.24, 2.45) is 0 Å². The monoisotopic (exact) mass is 400 g/mol. The summed E-state index contributed by atoms with van der Waals surface area (Å²) in [7, 11) is 1.48. The molecular weight excluding hydrogens is 380 g/mol. The predicted octanol–water partition coefficient (Wildman–Crippen LogP) is 3.78. The number of amides is 3. The Labute approximate surface area is 168 Å². The molecule has 2 aromatic rings. The first-order valence-corrected chi connectivity index (χ1v) is 9.37. The zero-order valence-electron chi connectivity index (χ0n) is 15.7. The van der Waals surface area contributed by atoms with Crippen LogP contribution in [0.2, 0.25) is 5.02 Å². The highest BCUT2D eigenvalue weighted by molar-refractivity contribution is 6.32. The van der Waals surface area contributed by atoms with Crippen molar-refractivity contribution >= 4 is 29.3 Å². The zero-order chi connectivity index (χ0) is 20.3. The van der Waals surface area contributed by atoms with Gasteiger partial charge in [0.05, 0.1) is 18.7 Å². The third-order valence-corrected chi connectivity index (χ3v) is 5.14. The summed E-state index contributed by atoms with van der Waals surface area (Å²) in [5, 5.41) is 3.10. The maximum Gasteiger partial charge on any atom is 0.325 e. The van der Waals surface area contributed by atoms with Crippen LogP contribution in [0.5, 0.6) is 5.75 Å². The number of carbonyl (C=O) groups is 3. The molecule has 7 heteroatoms. The smallest absolute Gasteiger partial charge is 0.325 e. The first-order chi connectivity index (χ1) is 13.4. The van der Waals surface area contributed by atoms with Crippen LogP contribution < -0.4 is 10.1 Å². The van der Waals surface area contributed by atoms with Gasteiger partial charge in [0.2, 0.25) is 0 Å². The number of urea groups is 1. The van der Waals surface area contributed by atoms with Crippen molar-refractivity contribution in [2.75, 3.05) is 13.7 Å². The summed E-state index contributed by atoms with van der Waals surface area (Å²) < 4.78 is 5.08. The fraction of sp³-hybridized carbons (Fsp3) is 0.286. The van der Waals surface area contributed by atoms with Crippen LogP contribution in [0.25, 0.3) is 0 Å². The van der Waals surface area contributed by atoms with Gasteiger partial charge in [-0.1, -0.05) is 55.3 Å². The van der Waals surface area contributed by atoms with Crippen molar-refractivity contribution in [1.82, 2.24) is 10.2 Å². The zero-order valence-corrected chi connectivity index (χ0v) is 16.5. The summed E-state index contributed by atoms with van der Waals surface area (Å²) >= 11 is 6.08. The van der Waals surface area contributed by atoms with E-state index in [0.29, 0.717) is 29.7 Å². The highest BCUT2D eigenvalue weighted by Gasteiger charge is 2.52. The van der Waals surface area contributed by atoms with Crippen LogP contribution in [0.1, 0.15) is 35.7 Å². The molecule has 3 amide bonds. The lowest BCUT2D eigenvalue weighted by molar-refractivity contribution is -0.131. The molecule has 0 aliphatic carbocycles. The van der Waals surface area contributed by atoms with Gasteiger partial charge in [-0.3, -0.25) is 14.5 Å². The van der Waals surface area contributed by atoms with Crippen LogP contribution in [0.15, 0.2) is 48.5 Å². The maximum absolute atomic E-state index is 13.2. The van der Waals surface area contributed by atoms with Crippen molar-refractivity contribution in [3.63, 3.8) is 0 Å². The van der Waals surface area contributed by atoms with Crippen LogP contribution in [0.4, 0.5) is 4.79 Å². The number of hydrogen-bond donors (Lipinski definition) is 1. The van der Waals surface area contributed by atoms with Crippen LogP contribution >= 0.6 is 11.6 Å². The molecule has 1 heterocycles. The van der Waals surface area contributed by atoms with E-state index in [1.54, 1.807) is 12.1 Å². The molecule has 3 rings (SSSR count). The topological polar surface area (TPSA) is 75.7 Å². The number of methoxy groups -OCH3 is 1. The second-order valence-electron chi connectivity index (χ2n) is 6.62. The summed E-state index contributed by atoms with van der Waals surface area (Å²) in [5.41, 5.74) is -0.137. The number of Topliss-reactive ketones (excluding diaryl/α,β-unsaturated/α-hetero) is 1. The minimum Gasteiger partial charge on any atom is -0.495 e. The Morgan fingerprint density at radius 2 is 1.89 bits per heavy atom. The largest absolute Gasteiger partial charge is 0.495 e. The molecule has 0 aromatic heterocycles. The Morgan fingerprint density at radius 3 is 2.50 bits per heavy atom. The second kappa shape index (κ2) is 8.02. The molecule has 0 spiro atoms. The number of hydrogen-bond acceptors (Lipinski definition) is 4. The molecule has 0 radical (unpaired) electrons. The minimum absolute atomic E-state index is 0.287. The lowest BCUT2D eigenvalue weighted by Crippen LogP contribution is -2.44. The van der Waals surface area contributed by atoms with E-state index in [1.165, 1.54) is 13.2 Å². The summed E-state index contributed by atoms with van der Waals surface area (Å²) in [6, 6.07) is 13.1. The van der Waals surface area contributed by atoms with Crippen LogP contribution in [-0.2, 0) is 10.3 Å². The highest BCUT2D eigenvalue weighted by atomic mass is 35.5. The van der Waals surface area contributed by atoms with Crippen LogP contribution in [-0.4, -0.2) is 36.3 Å².